The molecule has 0 bridgehead atoms. The average molecular weight is 255 g/mol. The standard InChI is InChI=1S/C13H25N3O2/c1-4-15-7-9(2)13(18)16-8-11(12(14)17)6-5-10(16)3/h9-11,15H,4-8H2,1-3H3,(H2,14,17). The molecule has 1 aliphatic heterocycles. The molecule has 1 fully saturated rings. The maximum absolute atomic E-state index is 12.3. The minimum Gasteiger partial charge on any atom is -0.369 e. The molecule has 1 rings (SSSR count). The summed E-state index contributed by atoms with van der Waals surface area (Å²) < 4.78 is 0. The summed E-state index contributed by atoms with van der Waals surface area (Å²) in [5.74, 6) is -0.413. The number of hydrogen-bond acceptors (Lipinski definition) is 3. The van der Waals surface area contributed by atoms with Crippen LogP contribution in [0.3, 0.4) is 0 Å². The number of rotatable bonds is 5. The van der Waals surface area contributed by atoms with Gasteiger partial charge < -0.3 is 16.0 Å². The summed E-state index contributed by atoms with van der Waals surface area (Å²) in [4.78, 5) is 25.4. The van der Waals surface area contributed by atoms with E-state index in [1.807, 2.05) is 25.7 Å². The number of nitrogens with zero attached hydrogens (tertiary/aromatic N) is 1. The minimum absolute atomic E-state index is 0.0565. The van der Waals surface area contributed by atoms with Gasteiger partial charge in [-0.1, -0.05) is 13.8 Å². The first-order chi connectivity index (χ1) is 8.47. The van der Waals surface area contributed by atoms with Crippen molar-refractivity contribution in [1.29, 1.82) is 0 Å². The molecule has 2 amide bonds. The Morgan fingerprint density at radius 1 is 1.44 bits per heavy atom. The third kappa shape index (κ3) is 3.70. The first kappa shape index (κ1) is 15.0. The molecule has 5 heteroatoms. The van der Waals surface area contributed by atoms with Gasteiger partial charge >= 0.3 is 0 Å². The second-order valence-corrected chi connectivity index (χ2v) is 5.22. The molecule has 0 aromatic carbocycles. The van der Waals surface area contributed by atoms with Gasteiger partial charge in [0.25, 0.3) is 0 Å². The van der Waals surface area contributed by atoms with Crippen molar-refractivity contribution in [2.75, 3.05) is 19.6 Å². The topological polar surface area (TPSA) is 75.4 Å². The smallest absolute Gasteiger partial charge is 0.226 e. The number of nitrogens with two attached hydrogens (primary N) is 1. The highest BCUT2D eigenvalue weighted by Gasteiger charge is 2.33. The van der Waals surface area contributed by atoms with E-state index < -0.39 is 0 Å². The van der Waals surface area contributed by atoms with Gasteiger partial charge in [-0.3, -0.25) is 9.59 Å². The quantitative estimate of drug-likeness (QED) is 0.744. The SMILES string of the molecule is CCNCC(C)C(=O)N1CC(C(N)=O)CCC1C. The Balaban J connectivity index is 2.61. The van der Waals surface area contributed by atoms with Crippen LogP contribution >= 0.6 is 0 Å². The number of carbonyl (C=O) groups is 2. The van der Waals surface area contributed by atoms with Gasteiger partial charge in [-0.25, -0.2) is 0 Å². The highest BCUT2D eigenvalue weighted by atomic mass is 16.2. The van der Waals surface area contributed by atoms with Gasteiger partial charge in [0.2, 0.25) is 11.8 Å². The lowest BCUT2D eigenvalue weighted by Gasteiger charge is -2.38. The van der Waals surface area contributed by atoms with E-state index in [9.17, 15) is 9.59 Å². The number of carbonyl (C=O) groups excluding carboxylic acids is 2. The number of amides is 2. The maximum Gasteiger partial charge on any atom is 0.226 e. The van der Waals surface area contributed by atoms with Crippen LogP contribution in [0.25, 0.3) is 0 Å². The fourth-order valence-corrected chi connectivity index (χ4v) is 2.38. The lowest BCUT2D eigenvalue weighted by molar-refractivity contribution is -0.140. The van der Waals surface area contributed by atoms with Crippen molar-refractivity contribution in [3.63, 3.8) is 0 Å². The van der Waals surface area contributed by atoms with Crippen LogP contribution in [0.5, 0.6) is 0 Å². The Kier molecular flexibility index (Phi) is 5.59. The number of hydrogen-bond donors (Lipinski definition) is 2. The summed E-state index contributed by atoms with van der Waals surface area (Å²) in [7, 11) is 0. The van der Waals surface area contributed by atoms with Crippen molar-refractivity contribution in [2.45, 2.75) is 39.7 Å². The van der Waals surface area contributed by atoms with Crippen LogP contribution in [-0.2, 0) is 9.59 Å². The molecular formula is C13H25N3O2. The normalized spacial score (nSPS) is 25.8. The second kappa shape index (κ2) is 6.73. The first-order valence-electron chi connectivity index (χ1n) is 6.77. The van der Waals surface area contributed by atoms with Gasteiger partial charge in [0.15, 0.2) is 0 Å². The van der Waals surface area contributed by atoms with Crippen LogP contribution < -0.4 is 11.1 Å². The first-order valence-corrected chi connectivity index (χ1v) is 6.77. The summed E-state index contributed by atoms with van der Waals surface area (Å²) in [6.07, 6.45) is 1.65. The summed E-state index contributed by atoms with van der Waals surface area (Å²) in [6.45, 7) is 7.99. The van der Waals surface area contributed by atoms with Crippen LogP contribution in [0, 0.1) is 11.8 Å². The van der Waals surface area contributed by atoms with E-state index in [4.69, 9.17) is 5.73 Å². The summed E-state index contributed by atoms with van der Waals surface area (Å²) in [5.41, 5.74) is 5.34. The highest BCUT2D eigenvalue weighted by molar-refractivity contribution is 5.81. The van der Waals surface area contributed by atoms with E-state index in [1.165, 1.54) is 0 Å². The van der Waals surface area contributed by atoms with Gasteiger partial charge in [0.05, 0.1) is 5.92 Å². The lowest BCUT2D eigenvalue weighted by Crippen LogP contribution is -2.51. The second-order valence-electron chi connectivity index (χ2n) is 5.22. The molecule has 1 heterocycles. The van der Waals surface area contributed by atoms with Crippen LogP contribution in [0.2, 0.25) is 0 Å². The largest absolute Gasteiger partial charge is 0.369 e. The van der Waals surface area contributed by atoms with Crippen LogP contribution in [0.15, 0.2) is 0 Å². The maximum atomic E-state index is 12.3. The molecule has 0 aromatic rings. The summed E-state index contributed by atoms with van der Waals surface area (Å²) >= 11 is 0. The van der Waals surface area contributed by atoms with E-state index in [0.29, 0.717) is 13.1 Å². The van der Waals surface area contributed by atoms with Gasteiger partial charge in [0.1, 0.15) is 0 Å². The molecule has 1 saturated heterocycles. The summed E-state index contributed by atoms with van der Waals surface area (Å²) in [5, 5.41) is 3.18. The third-order valence-electron chi connectivity index (χ3n) is 3.69. The highest BCUT2D eigenvalue weighted by Crippen LogP contribution is 2.23. The Morgan fingerprint density at radius 3 is 2.67 bits per heavy atom. The Morgan fingerprint density at radius 2 is 2.11 bits per heavy atom. The number of primary amides is 1. The van der Waals surface area contributed by atoms with E-state index >= 15 is 0 Å². The Hall–Kier alpha value is -1.10. The zero-order valence-corrected chi connectivity index (χ0v) is 11.6. The number of nitrogens with one attached hydrogen (secondary N) is 1. The van der Waals surface area contributed by atoms with Crippen LogP contribution in [0.4, 0.5) is 0 Å². The average Bonchev–Trinajstić information content (AvgIpc) is 2.35. The van der Waals surface area contributed by atoms with Gasteiger partial charge in [0, 0.05) is 25.0 Å². The molecule has 0 aromatic heterocycles. The number of likely N-dealkylation sites (tertiary alicyclic amines) is 1. The molecule has 5 nitrogen and oxygen atoms in total. The molecular weight excluding hydrogens is 230 g/mol. The predicted octanol–water partition coefficient (Wildman–Crippen LogP) is 0.344. The Labute approximate surface area is 109 Å². The number of piperidine rings is 1. The zero-order chi connectivity index (χ0) is 13.7. The molecule has 0 saturated carbocycles. The van der Waals surface area contributed by atoms with Gasteiger partial charge in [-0.2, -0.15) is 0 Å². The van der Waals surface area contributed by atoms with E-state index in [1.54, 1.807) is 0 Å². The fourth-order valence-electron chi connectivity index (χ4n) is 2.38. The van der Waals surface area contributed by atoms with E-state index in [0.717, 1.165) is 19.4 Å². The lowest BCUT2D eigenvalue weighted by atomic mass is 9.92. The van der Waals surface area contributed by atoms with Gasteiger partial charge in [-0.15, -0.1) is 0 Å². The third-order valence-corrected chi connectivity index (χ3v) is 3.69. The van der Waals surface area contributed by atoms with Crippen molar-refractivity contribution in [3.8, 4) is 0 Å². The predicted molar refractivity (Wildman–Crippen MR) is 70.8 cm³/mol. The zero-order valence-electron chi connectivity index (χ0n) is 11.6. The molecule has 3 atom stereocenters. The Bertz CT molecular complexity index is 307. The fraction of sp³-hybridized carbons (Fsp3) is 0.846. The molecule has 0 radical (unpaired) electrons. The summed E-state index contributed by atoms with van der Waals surface area (Å²) in [6, 6.07) is 0.206. The molecule has 3 N–H and O–H groups in total. The molecule has 18 heavy (non-hydrogen) atoms. The monoisotopic (exact) mass is 255 g/mol. The van der Waals surface area contributed by atoms with Crippen molar-refractivity contribution in [3.05, 3.63) is 0 Å². The van der Waals surface area contributed by atoms with E-state index in [-0.39, 0.29) is 29.7 Å². The van der Waals surface area contributed by atoms with E-state index in [2.05, 4.69) is 5.32 Å². The van der Waals surface area contributed by atoms with Crippen molar-refractivity contribution < 1.29 is 9.59 Å². The molecule has 0 aliphatic carbocycles. The van der Waals surface area contributed by atoms with Gasteiger partial charge in [-0.05, 0) is 26.3 Å². The molecule has 104 valence electrons. The van der Waals surface area contributed by atoms with Crippen molar-refractivity contribution >= 4 is 11.8 Å². The minimum atomic E-state index is -0.293. The van der Waals surface area contributed by atoms with Crippen LogP contribution in [-0.4, -0.2) is 42.4 Å². The molecule has 3 unspecified atom stereocenters. The van der Waals surface area contributed by atoms with Crippen LogP contribution in [0.1, 0.15) is 33.6 Å². The van der Waals surface area contributed by atoms with Crippen molar-refractivity contribution in [1.82, 2.24) is 10.2 Å². The molecule has 1 aliphatic rings. The molecule has 0 spiro atoms. The van der Waals surface area contributed by atoms with Crippen molar-refractivity contribution in [2.24, 2.45) is 17.6 Å².